The highest BCUT2D eigenvalue weighted by Crippen LogP contribution is 2.45. The topological polar surface area (TPSA) is 62.3 Å². The van der Waals surface area contributed by atoms with Crippen LogP contribution >= 0.6 is 0 Å². The minimum atomic E-state index is -0.895. The van der Waals surface area contributed by atoms with Crippen molar-refractivity contribution in [3.8, 4) is 0 Å². The molecular formula is C25H25N3O2. The number of carbonyl (C=O) groups excluding carboxylic acids is 2. The van der Waals surface area contributed by atoms with Crippen LogP contribution in [0.5, 0.6) is 0 Å². The summed E-state index contributed by atoms with van der Waals surface area (Å²) in [6.45, 7) is 0.524. The van der Waals surface area contributed by atoms with Gasteiger partial charge in [0, 0.05) is 38.1 Å². The number of nitrogens with one attached hydrogen (secondary N) is 1. The normalized spacial score (nSPS) is 17.6. The lowest BCUT2D eigenvalue weighted by molar-refractivity contribution is -0.129. The summed E-state index contributed by atoms with van der Waals surface area (Å²) in [5.41, 5.74) is 3.06. The Kier molecular flexibility index (Phi) is 5.61. The van der Waals surface area contributed by atoms with Gasteiger partial charge in [0.05, 0.1) is 5.41 Å². The molecule has 0 spiro atoms. The maximum Gasteiger partial charge on any atom is 0.238 e. The standard InChI is InChI=1S/C25H25N3O2/c1-28-22-10-6-5-9-21(22)25(24(28)30,17-20-7-3-2-4-8-20)18-23(29)27-16-13-19-11-14-26-15-12-19/h2-12,14-15H,13,16-18H2,1H3,(H,27,29). The van der Waals surface area contributed by atoms with Gasteiger partial charge in [-0.2, -0.15) is 0 Å². The van der Waals surface area contributed by atoms with E-state index in [0.717, 1.165) is 28.8 Å². The van der Waals surface area contributed by atoms with Gasteiger partial charge in [-0.3, -0.25) is 14.6 Å². The molecule has 1 aliphatic rings. The number of hydrogen-bond donors (Lipinski definition) is 1. The summed E-state index contributed by atoms with van der Waals surface area (Å²) in [5, 5.41) is 3.00. The molecule has 1 aromatic heterocycles. The smallest absolute Gasteiger partial charge is 0.238 e. The number of anilines is 1. The monoisotopic (exact) mass is 399 g/mol. The molecule has 0 saturated heterocycles. The van der Waals surface area contributed by atoms with Crippen LogP contribution in [0, 0.1) is 0 Å². The van der Waals surface area contributed by atoms with Gasteiger partial charge in [0.15, 0.2) is 0 Å². The van der Waals surface area contributed by atoms with Gasteiger partial charge < -0.3 is 10.2 Å². The first-order valence-electron chi connectivity index (χ1n) is 10.2. The predicted octanol–water partition coefficient (Wildman–Crippen LogP) is 3.29. The van der Waals surface area contributed by atoms with Gasteiger partial charge in [0.2, 0.25) is 11.8 Å². The molecule has 152 valence electrons. The minimum absolute atomic E-state index is 0.0307. The Morgan fingerprint density at radius 3 is 2.43 bits per heavy atom. The van der Waals surface area contributed by atoms with Crippen LogP contribution in [0.25, 0.3) is 0 Å². The lowest BCUT2D eigenvalue weighted by Crippen LogP contribution is -2.44. The lowest BCUT2D eigenvalue weighted by atomic mass is 9.73. The Hall–Kier alpha value is -3.47. The van der Waals surface area contributed by atoms with Crippen LogP contribution in [0.3, 0.4) is 0 Å². The molecule has 1 atom stereocenters. The highest BCUT2D eigenvalue weighted by molar-refractivity contribution is 6.09. The van der Waals surface area contributed by atoms with Crippen LogP contribution < -0.4 is 10.2 Å². The molecule has 30 heavy (non-hydrogen) atoms. The molecule has 3 aromatic rings. The first kappa shape index (κ1) is 19.8. The maximum absolute atomic E-state index is 13.5. The molecule has 0 radical (unpaired) electrons. The first-order valence-corrected chi connectivity index (χ1v) is 10.2. The highest BCUT2D eigenvalue weighted by atomic mass is 16.2. The van der Waals surface area contributed by atoms with Crippen molar-refractivity contribution in [1.29, 1.82) is 0 Å². The summed E-state index contributed by atoms with van der Waals surface area (Å²) in [6, 6.07) is 21.6. The number of amides is 2. The zero-order valence-electron chi connectivity index (χ0n) is 17.0. The van der Waals surface area contributed by atoms with Crippen molar-refractivity contribution in [3.63, 3.8) is 0 Å². The van der Waals surface area contributed by atoms with Gasteiger partial charge in [-0.15, -0.1) is 0 Å². The molecule has 0 bridgehead atoms. The number of hydrogen-bond acceptors (Lipinski definition) is 3. The van der Waals surface area contributed by atoms with E-state index in [-0.39, 0.29) is 18.2 Å². The van der Waals surface area contributed by atoms with Crippen molar-refractivity contribution in [1.82, 2.24) is 10.3 Å². The van der Waals surface area contributed by atoms with Crippen LogP contribution in [0.2, 0.25) is 0 Å². The van der Waals surface area contributed by atoms with Gasteiger partial charge in [0.25, 0.3) is 0 Å². The van der Waals surface area contributed by atoms with E-state index in [4.69, 9.17) is 0 Å². The second-order valence-corrected chi connectivity index (χ2v) is 7.76. The van der Waals surface area contributed by atoms with E-state index in [2.05, 4.69) is 10.3 Å². The molecule has 1 N–H and O–H groups in total. The third-order valence-corrected chi connectivity index (χ3v) is 5.79. The molecular weight excluding hydrogens is 374 g/mol. The number of carbonyl (C=O) groups is 2. The molecule has 2 aromatic carbocycles. The van der Waals surface area contributed by atoms with Crippen molar-refractivity contribution in [2.24, 2.45) is 0 Å². The minimum Gasteiger partial charge on any atom is -0.356 e. The fourth-order valence-electron chi connectivity index (χ4n) is 4.30. The molecule has 1 aliphatic heterocycles. The van der Waals surface area contributed by atoms with Gasteiger partial charge >= 0.3 is 0 Å². The summed E-state index contributed by atoms with van der Waals surface area (Å²) in [5.74, 6) is -0.143. The number of benzene rings is 2. The second-order valence-electron chi connectivity index (χ2n) is 7.76. The van der Waals surface area contributed by atoms with Crippen LogP contribution in [0.15, 0.2) is 79.1 Å². The molecule has 0 saturated carbocycles. The van der Waals surface area contributed by atoms with Gasteiger partial charge in [-0.1, -0.05) is 48.5 Å². The van der Waals surface area contributed by atoms with Crippen LogP contribution in [0.1, 0.15) is 23.1 Å². The maximum atomic E-state index is 13.5. The average Bonchev–Trinajstić information content (AvgIpc) is 2.97. The average molecular weight is 399 g/mol. The zero-order valence-corrected chi connectivity index (χ0v) is 17.0. The van der Waals surface area contributed by atoms with Crippen molar-refractivity contribution in [2.75, 3.05) is 18.5 Å². The highest BCUT2D eigenvalue weighted by Gasteiger charge is 2.50. The van der Waals surface area contributed by atoms with E-state index in [1.165, 1.54) is 0 Å². The fourth-order valence-corrected chi connectivity index (χ4v) is 4.30. The Labute approximate surface area is 176 Å². The Balaban J connectivity index is 1.57. The number of rotatable bonds is 7. The SMILES string of the molecule is CN1C(=O)C(CC(=O)NCCc2ccncc2)(Cc2ccccc2)c2ccccc21. The molecule has 1 unspecified atom stereocenters. The number of aromatic nitrogens is 1. The fraction of sp³-hybridized carbons (Fsp3) is 0.240. The lowest BCUT2D eigenvalue weighted by Gasteiger charge is -2.28. The summed E-state index contributed by atoms with van der Waals surface area (Å²) in [7, 11) is 1.79. The number of nitrogens with zero attached hydrogens (tertiary/aromatic N) is 2. The van der Waals surface area contributed by atoms with E-state index < -0.39 is 5.41 Å². The molecule has 5 nitrogen and oxygen atoms in total. The van der Waals surface area contributed by atoms with E-state index in [0.29, 0.717) is 13.0 Å². The van der Waals surface area contributed by atoms with Crippen molar-refractivity contribution < 1.29 is 9.59 Å². The van der Waals surface area contributed by atoms with E-state index in [1.807, 2.05) is 66.7 Å². The predicted molar refractivity (Wildman–Crippen MR) is 117 cm³/mol. The zero-order chi connectivity index (χ0) is 21.0. The van der Waals surface area contributed by atoms with Crippen molar-refractivity contribution in [2.45, 2.75) is 24.7 Å². The molecule has 0 aliphatic carbocycles. The quantitative estimate of drug-likeness (QED) is 0.663. The summed E-state index contributed by atoms with van der Waals surface area (Å²) in [6.07, 6.45) is 4.83. The molecule has 4 rings (SSSR count). The number of likely N-dealkylation sites (N-methyl/N-ethyl adjacent to an activating group) is 1. The molecule has 2 amide bonds. The summed E-state index contributed by atoms with van der Waals surface area (Å²) >= 11 is 0. The van der Waals surface area contributed by atoms with E-state index in [1.54, 1.807) is 24.3 Å². The largest absolute Gasteiger partial charge is 0.356 e. The van der Waals surface area contributed by atoms with Crippen LogP contribution in [-0.4, -0.2) is 30.4 Å². The van der Waals surface area contributed by atoms with Gasteiger partial charge in [-0.05, 0) is 47.7 Å². The third kappa shape index (κ3) is 3.83. The van der Waals surface area contributed by atoms with E-state index >= 15 is 0 Å². The second kappa shape index (κ2) is 8.49. The van der Waals surface area contributed by atoms with Gasteiger partial charge in [-0.25, -0.2) is 0 Å². The van der Waals surface area contributed by atoms with Crippen molar-refractivity contribution >= 4 is 17.5 Å². The van der Waals surface area contributed by atoms with Gasteiger partial charge in [0.1, 0.15) is 0 Å². The Bertz CT molecular complexity index is 1040. The third-order valence-electron chi connectivity index (χ3n) is 5.79. The Morgan fingerprint density at radius 2 is 1.67 bits per heavy atom. The molecule has 5 heteroatoms. The van der Waals surface area contributed by atoms with E-state index in [9.17, 15) is 9.59 Å². The molecule has 2 heterocycles. The first-order chi connectivity index (χ1) is 14.6. The summed E-state index contributed by atoms with van der Waals surface area (Å²) in [4.78, 5) is 32.1. The number of para-hydroxylation sites is 1. The number of fused-ring (bicyclic) bond motifs is 1. The van der Waals surface area contributed by atoms with Crippen LogP contribution in [0.4, 0.5) is 5.69 Å². The van der Waals surface area contributed by atoms with Crippen LogP contribution in [-0.2, 0) is 27.8 Å². The Morgan fingerprint density at radius 1 is 0.967 bits per heavy atom. The van der Waals surface area contributed by atoms with Crippen molar-refractivity contribution in [3.05, 3.63) is 95.8 Å². The molecule has 0 fully saturated rings. The number of pyridine rings is 1. The summed E-state index contributed by atoms with van der Waals surface area (Å²) < 4.78 is 0.